The third-order valence-electron chi connectivity index (χ3n) is 8.15. The van der Waals surface area contributed by atoms with Gasteiger partial charge < -0.3 is 25.2 Å². The molecular weight excluding hydrogens is 528 g/mol. The van der Waals surface area contributed by atoms with Crippen LogP contribution in [0.5, 0.6) is 17.2 Å². The van der Waals surface area contributed by atoms with E-state index < -0.39 is 5.41 Å². The van der Waals surface area contributed by atoms with Crippen molar-refractivity contribution in [1.29, 1.82) is 0 Å². The molecule has 3 aromatic rings. The largest absolute Gasteiger partial charge is 0.508 e. The van der Waals surface area contributed by atoms with Gasteiger partial charge >= 0.3 is 0 Å². The van der Waals surface area contributed by atoms with E-state index in [2.05, 4.69) is 5.32 Å². The normalized spacial score (nSPS) is 22.7. The molecule has 1 saturated carbocycles. The summed E-state index contributed by atoms with van der Waals surface area (Å²) in [7, 11) is 1.44. The SMILES string of the molecule is COc1cc(NC(=O)C[C@@]2(C)CC(c3cccc(O)c3)C(c3ccc(Cl)c(C)c3)N(CC3CC3)C2=O)ccc1O. The lowest BCUT2D eigenvalue weighted by Gasteiger charge is -2.49. The van der Waals surface area contributed by atoms with Crippen molar-refractivity contribution in [1.82, 2.24) is 4.90 Å². The number of hydrogen-bond donors (Lipinski definition) is 3. The van der Waals surface area contributed by atoms with E-state index in [4.69, 9.17) is 16.3 Å². The summed E-state index contributed by atoms with van der Waals surface area (Å²) in [5.41, 5.74) is 2.34. The van der Waals surface area contributed by atoms with E-state index in [-0.39, 0.29) is 47.4 Å². The molecule has 2 aliphatic rings. The predicted octanol–water partition coefficient (Wildman–Crippen LogP) is 6.57. The number of carbonyl (C=O) groups excluding carboxylic acids is 2. The summed E-state index contributed by atoms with van der Waals surface area (Å²) in [6, 6.07) is 17.4. The number of nitrogens with zero attached hydrogens (tertiary/aromatic N) is 1. The number of piperidine rings is 1. The fraction of sp³-hybridized carbons (Fsp3) is 0.375. The third kappa shape index (κ3) is 5.75. The Morgan fingerprint density at radius 1 is 1.10 bits per heavy atom. The smallest absolute Gasteiger partial charge is 0.229 e. The lowest BCUT2D eigenvalue weighted by Crippen LogP contribution is -2.53. The van der Waals surface area contributed by atoms with Gasteiger partial charge in [-0.3, -0.25) is 9.59 Å². The molecule has 1 saturated heterocycles. The summed E-state index contributed by atoms with van der Waals surface area (Å²) in [5.74, 6) is 0.314. The monoisotopic (exact) mass is 562 g/mol. The molecule has 3 atom stereocenters. The number of hydrogen-bond acceptors (Lipinski definition) is 5. The Balaban J connectivity index is 1.51. The van der Waals surface area contributed by atoms with E-state index in [0.717, 1.165) is 29.5 Å². The van der Waals surface area contributed by atoms with Gasteiger partial charge in [0.1, 0.15) is 5.75 Å². The molecule has 40 heavy (non-hydrogen) atoms. The first-order valence-electron chi connectivity index (χ1n) is 13.6. The number of amides is 2. The van der Waals surface area contributed by atoms with Crippen molar-refractivity contribution in [3.8, 4) is 17.2 Å². The highest BCUT2D eigenvalue weighted by atomic mass is 35.5. The van der Waals surface area contributed by atoms with E-state index >= 15 is 0 Å². The first kappa shape index (κ1) is 27.8. The van der Waals surface area contributed by atoms with Crippen molar-refractivity contribution in [2.75, 3.05) is 19.0 Å². The fourth-order valence-electron chi connectivity index (χ4n) is 5.93. The number of aromatic hydroxyl groups is 2. The van der Waals surface area contributed by atoms with Crippen molar-refractivity contribution in [3.05, 3.63) is 82.4 Å². The molecule has 1 aliphatic heterocycles. The average molecular weight is 563 g/mol. The minimum absolute atomic E-state index is 0.0160. The van der Waals surface area contributed by atoms with Crippen LogP contribution >= 0.6 is 11.6 Å². The van der Waals surface area contributed by atoms with Crippen LogP contribution in [0.2, 0.25) is 5.02 Å². The van der Waals surface area contributed by atoms with Gasteiger partial charge in [-0.05, 0) is 79.1 Å². The van der Waals surface area contributed by atoms with Crippen LogP contribution in [0.25, 0.3) is 0 Å². The number of nitrogens with one attached hydrogen (secondary N) is 1. The van der Waals surface area contributed by atoms with Crippen molar-refractivity contribution in [3.63, 3.8) is 0 Å². The highest BCUT2D eigenvalue weighted by Gasteiger charge is 2.51. The summed E-state index contributed by atoms with van der Waals surface area (Å²) in [5, 5.41) is 23.8. The number of likely N-dealkylation sites (tertiary alicyclic amines) is 1. The molecular formula is C32H35ClN2O5. The first-order valence-corrected chi connectivity index (χ1v) is 14.0. The molecule has 7 nitrogen and oxygen atoms in total. The molecule has 1 heterocycles. The maximum absolute atomic E-state index is 14.3. The van der Waals surface area contributed by atoms with Crippen LogP contribution in [-0.4, -0.2) is 40.6 Å². The van der Waals surface area contributed by atoms with Gasteiger partial charge in [0.25, 0.3) is 0 Å². The molecule has 0 aromatic heterocycles. The number of carbonyl (C=O) groups is 2. The van der Waals surface area contributed by atoms with Crippen LogP contribution in [0, 0.1) is 18.3 Å². The van der Waals surface area contributed by atoms with Gasteiger partial charge in [0.05, 0.1) is 18.6 Å². The van der Waals surface area contributed by atoms with Crippen molar-refractivity contribution in [2.24, 2.45) is 11.3 Å². The van der Waals surface area contributed by atoms with Gasteiger partial charge in [-0.1, -0.05) is 42.8 Å². The topological polar surface area (TPSA) is 99.1 Å². The quantitative estimate of drug-likeness (QED) is 0.270. The lowest BCUT2D eigenvalue weighted by molar-refractivity contribution is -0.153. The molecule has 210 valence electrons. The summed E-state index contributed by atoms with van der Waals surface area (Å²) in [4.78, 5) is 29.7. The molecule has 2 fully saturated rings. The molecule has 0 spiro atoms. The van der Waals surface area contributed by atoms with Crippen LogP contribution in [0.1, 0.15) is 61.3 Å². The molecule has 2 unspecified atom stereocenters. The Morgan fingerprint density at radius 2 is 1.88 bits per heavy atom. The van der Waals surface area contributed by atoms with Gasteiger partial charge in [0.2, 0.25) is 11.8 Å². The molecule has 3 N–H and O–H groups in total. The van der Waals surface area contributed by atoms with Crippen LogP contribution in [-0.2, 0) is 9.59 Å². The Kier molecular flexibility index (Phi) is 7.69. The first-order chi connectivity index (χ1) is 19.1. The Bertz CT molecular complexity index is 1440. The second-order valence-electron chi connectivity index (χ2n) is 11.4. The van der Waals surface area contributed by atoms with Crippen molar-refractivity contribution in [2.45, 2.75) is 51.5 Å². The van der Waals surface area contributed by atoms with Crippen LogP contribution in [0.4, 0.5) is 5.69 Å². The average Bonchev–Trinajstić information content (AvgIpc) is 3.74. The van der Waals surface area contributed by atoms with E-state index in [1.807, 2.05) is 49.1 Å². The number of benzene rings is 3. The predicted molar refractivity (Wildman–Crippen MR) is 155 cm³/mol. The zero-order valence-corrected chi connectivity index (χ0v) is 23.7. The van der Waals surface area contributed by atoms with Crippen LogP contribution < -0.4 is 10.1 Å². The number of phenols is 2. The molecule has 0 radical (unpaired) electrons. The standard InChI is InChI=1S/C32H35ClN2O5/c1-19-13-22(9-11-26(19)33)30-25(21-5-4-6-24(36)14-21)16-32(2,31(39)35(30)18-20-7-8-20)17-29(38)34-23-10-12-27(37)28(15-23)40-3/h4-6,9-15,20,25,30,36-37H,7-8,16-18H2,1-3H3,(H,34,38)/t25?,30?,32-/m1/s1. The maximum atomic E-state index is 14.3. The van der Waals surface area contributed by atoms with Gasteiger partial charge in [0, 0.05) is 35.7 Å². The van der Waals surface area contributed by atoms with Crippen molar-refractivity contribution >= 4 is 29.1 Å². The van der Waals surface area contributed by atoms with Gasteiger partial charge in [0.15, 0.2) is 11.5 Å². The van der Waals surface area contributed by atoms with E-state index in [1.165, 1.54) is 13.2 Å². The Hall–Kier alpha value is -3.71. The number of methoxy groups -OCH3 is 1. The number of phenolic OH excluding ortho intramolecular Hbond substituents is 2. The van der Waals surface area contributed by atoms with Gasteiger partial charge in [-0.15, -0.1) is 0 Å². The minimum Gasteiger partial charge on any atom is -0.508 e. The number of ether oxygens (including phenoxy) is 1. The number of aryl methyl sites for hydroxylation is 1. The van der Waals surface area contributed by atoms with Gasteiger partial charge in [-0.2, -0.15) is 0 Å². The second-order valence-corrected chi connectivity index (χ2v) is 11.8. The summed E-state index contributed by atoms with van der Waals surface area (Å²) < 4.78 is 5.16. The number of halogens is 1. The highest BCUT2D eigenvalue weighted by Crippen LogP contribution is 2.52. The third-order valence-corrected chi connectivity index (χ3v) is 8.58. The zero-order valence-electron chi connectivity index (χ0n) is 23.0. The van der Waals surface area contributed by atoms with Crippen molar-refractivity contribution < 1.29 is 24.5 Å². The fourth-order valence-corrected chi connectivity index (χ4v) is 6.05. The summed E-state index contributed by atoms with van der Waals surface area (Å²) in [6.07, 6.45) is 2.56. The van der Waals surface area contributed by atoms with E-state index in [0.29, 0.717) is 29.6 Å². The maximum Gasteiger partial charge on any atom is 0.229 e. The van der Waals surface area contributed by atoms with E-state index in [1.54, 1.807) is 24.3 Å². The highest BCUT2D eigenvalue weighted by molar-refractivity contribution is 6.31. The second kappa shape index (κ2) is 11.0. The van der Waals surface area contributed by atoms with Crippen LogP contribution in [0.15, 0.2) is 60.7 Å². The number of rotatable bonds is 8. The minimum atomic E-state index is -0.978. The summed E-state index contributed by atoms with van der Waals surface area (Å²) in [6.45, 7) is 4.44. The number of anilines is 1. The molecule has 1 aliphatic carbocycles. The van der Waals surface area contributed by atoms with E-state index in [9.17, 15) is 19.8 Å². The molecule has 2 amide bonds. The zero-order chi connectivity index (χ0) is 28.6. The Labute approximate surface area is 239 Å². The Morgan fingerprint density at radius 3 is 2.55 bits per heavy atom. The molecule has 3 aromatic carbocycles. The molecule has 5 rings (SSSR count). The molecule has 0 bridgehead atoms. The summed E-state index contributed by atoms with van der Waals surface area (Å²) >= 11 is 6.37. The van der Waals surface area contributed by atoms with Crippen LogP contribution in [0.3, 0.4) is 0 Å². The molecule has 8 heteroatoms. The lowest BCUT2D eigenvalue weighted by atomic mass is 9.67. The van der Waals surface area contributed by atoms with Gasteiger partial charge in [-0.25, -0.2) is 0 Å².